The molecule has 0 spiro atoms. The Labute approximate surface area is 154 Å². The summed E-state index contributed by atoms with van der Waals surface area (Å²) in [6, 6.07) is 11.7. The molecule has 25 heavy (non-hydrogen) atoms. The average molecular weight is 358 g/mol. The lowest BCUT2D eigenvalue weighted by molar-refractivity contribution is 0.0754. The molecule has 3 rings (SSSR count). The second-order valence-corrected chi connectivity index (χ2v) is 7.23. The number of aromatic nitrogens is 1. The average Bonchev–Trinajstić information content (AvgIpc) is 2.88. The van der Waals surface area contributed by atoms with Crippen LogP contribution < -0.4 is 4.90 Å². The van der Waals surface area contributed by atoms with E-state index in [1.54, 1.807) is 12.3 Å². The maximum Gasteiger partial charge on any atom is 0.254 e. The van der Waals surface area contributed by atoms with Crippen LogP contribution in [-0.4, -0.2) is 43.0 Å². The van der Waals surface area contributed by atoms with E-state index >= 15 is 0 Å². The van der Waals surface area contributed by atoms with Crippen molar-refractivity contribution in [1.29, 1.82) is 0 Å². The summed E-state index contributed by atoms with van der Waals surface area (Å²) in [5, 5.41) is 0.748. The topological polar surface area (TPSA) is 36.4 Å². The van der Waals surface area contributed by atoms with Gasteiger partial charge in [0, 0.05) is 49.9 Å². The fourth-order valence-electron chi connectivity index (χ4n) is 3.31. The quantitative estimate of drug-likeness (QED) is 0.825. The fourth-order valence-corrected chi connectivity index (χ4v) is 3.44. The molecule has 0 saturated carbocycles. The summed E-state index contributed by atoms with van der Waals surface area (Å²) in [6.07, 6.45) is 4.99. The predicted molar refractivity (Wildman–Crippen MR) is 103 cm³/mol. The number of rotatable bonds is 3. The molecule has 5 heteroatoms. The Balaban J connectivity index is 1.79. The van der Waals surface area contributed by atoms with Gasteiger partial charge < -0.3 is 9.80 Å². The summed E-state index contributed by atoms with van der Waals surface area (Å²) in [7, 11) is 3.86. The molecule has 1 unspecified atom stereocenters. The van der Waals surface area contributed by atoms with Crippen molar-refractivity contribution in [1.82, 2.24) is 9.88 Å². The fraction of sp³-hybridized carbons (Fsp3) is 0.400. The molecule has 1 atom stereocenters. The number of benzene rings is 1. The van der Waals surface area contributed by atoms with Crippen LogP contribution in [0.2, 0.25) is 5.02 Å². The Hall–Kier alpha value is -2.07. The van der Waals surface area contributed by atoms with Crippen LogP contribution in [0, 0.1) is 0 Å². The van der Waals surface area contributed by atoms with Gasteiger partial charge in [0.15, 0.2) is 0 Å². The molecule has 1 aromatic heterocycles. The van der Waals surface area contributed by atoms with Crippen LogP contribution in [0.25, 0.3) is 0 Å². The van der Waals surface area contributed by atoms with Crippen molar-refractivity contribution in [2.24, 2.45) is 0 Å². The van der Waals surface area contributed by atoms with Crippen LogP contribution in [0.1, 0.15) is 41.1 Å². The van der Waals surface area contributed by atoms with Gasteiger partial charge in [-0.05, 0) is 42.7 Å². The minimum atomic E-state index is 0.0892. The first-order chi connectivity index (χ1) is 12.0. The van der Waals surface area contributed by atoms with E-state index in [4.69, 9.17) is 11.6 Å². The van der Waals surface area contributed by atoms with E-state index < -0.39 is 0 Å². The molecule has 132 valence electrons. The van der Waals surface area contributed by atoms with Gasteiger partial charge in [-0.25, -0.2) is 4.98 Å². The Kier molecular flexibility index (Phi) is 5.59. The van der Waals surface area contributed by atoms with E-state index in [1.165, 1.54) is 5.56 Å². The molecular weight excluding hydrogens is 334 g/mol. The summed E-state index contributed by atoms with van der Waals surface area (Å²) >= 11 is 6.01. The normalized spacial score (nSPS) is 17.9. The summed E-state index contributed by atoms with van der Waals surface area (Å²) < 4.78 is 0. The SMILES string of the molecule is CN(C)c1cc(C(=O)N2CCCCC(c3ccc(Cl)cc3)C2)ccn1. The van der Waals surface area contributed by atoms with Crippen molar-refractivity contribution in [3.05, 3.63) is 58.7 Å². The van der Waals surface area contributed by atoms with E-state index in [2.05, 4.69) is 17.1 Å². The smallest absolute Gasteiger partial charge is 0.254 e. The molecule has 0 aliphatic carbocycles. The number of anilines is 1. The van der Waals surface area contributed by atoms with Crippen molar-refractivity contribution in [3.8, 4) is 0 Å². The van der Waals surface area contributed by atoms with E-state index in [1.807, 2.05) is 42.1 Å². The Morgan fingerprint density at radius 2 is 1.96 bits per heavy atom. The van der Waals surface area contributed by atoms with Crippen LogP contribution in [0.5, 0.6) is 0 Å². The molecule has 2 aromatic rings. The van der Waals surface area contributed by atoms with Gasteiger partial charge in [-0.15, -0.1) is 0 Å². The van der Waals surface area contributed by atoms with Crippen molar-refractivity contribution >= 4 is 23.3 Å². The number of likely N-dealkylation sites (tertiary alicyclic amines) is 1. The van der Waals surface area contributed by atoms with Gasteiger partial charge in [-0.3, -0.25) is 4.79 Å². The number of halogens is 1. The molecule has 1 aromatic carbocycles. The minimum Gasteiger partial charge on any atom is -0.363 e. The maximum absolute atomic E-state index is 13.0. The second kappa shape index (κ2) is 7.87. The van der Waals surface area contributed by atoms with Crippen molar-refractivity contribution in [2.45, 2.75) is 25.2 Å². The monoisotopic (exact) mass is 357 g/mol. The molecule has 1 amide bonds. The molecule has 0 radical (unpaired) electrons. The highest BCUT2D eigenvalue weighted by atomic mass is 35.5. The van der Waals surface area contributed by atoms with Crippen molar-refractivity contribution in [2.75, 3.05) is 32.1 Å². The van der Waals surface area contributed by atoms with E-state index in [0.29, 0.717) is 11.5 Å². The number of amides is 1. The molecule has 2 heterocycles. The van der Waals surface area contributed by atoms with Gasteiger partial charge in [0.05, 0.1) is 0 Å². The van der Waals surface area contributed by atoms with E-state index in [-0.39, 0.29) is 5.91 Å². The Bertz CT molecular complexity index is 730. The first kappa shape index (κ1) is 17.7. The lowest BCUT2D eigenvalue weighted by Crippen LogP contribution is -2.34. The highest BCUT2D eigenvalue weighted by Crippen LogP contribution is 2.28. The number of nitrogens with zero attached hydrogens (tertiary/aromatic N) is 3. The molecule has 1 saturated heterocycles. The number of hydrogen-bond donors (Lipinski definition) is 0. The second-order valence-electron chi connectivity index (χ2n) is 6.79. The van der Waals surface area contributed by atoms with Gasteiger partial charge in [0.2, 0.25) is 0 Å². The molecular formula is C20H24ClN3O. The van der Waals surface area contributed by atoms with E-state index in [0.717, 1.165) is 43.2 Å². The third-order valence-electron chi connectivity index (χ3n) is 4.75. The largest absolute Gasteiger partial charge is 0.363 e. The zero-order chi connectivity index (χ0) is 17.8. The molecule has 0 bridgehead atoms. The zero-order valence-electron chi connectivity index (χ0n) is 14.8. The first-order valence-electron chi connectivity index (χ1n) is 8.72. The summed E-state index contributed by atoms with van der Waals surface area (Å²) in [5.41, 5.74) is 1.96. The van der Waals surface area contributed by atoms with Crippen LogP contribution in [0.4, 0.5) is 5.82 Å². The third kappa shape index (κ3) is 4.31. The maximum atomic E-state index is 13.0. The molecule has 1 aliphatic heterocycles. The summed E-state index contributed by atoms with van der Waals surface area (Å²) in [5.74, 6) is 1.25. The highest BCUT2D eigenvalue weighted by Gasteiger charge is 2.24. The van der Waals surface area contributed by atoms with Gasteiger partial charge in [0.25, 0.3) is 5.91 Å². The predicted octanol–water partition coefficient (Wildman–Crippen LogP) is 4.21. The van der Waals surface area contributed by atoms with Crippen LogP contribution in [0.15, 0.2) is 42.6 Å². The molecule has 1 aliphatic rings. The standard InChI is InChI=1S/C20H24ClN3O/c1-23(2)19-13-16(10-11-22-19)20(25)24-12-4-3-5-17(14-24)15-6-8-18(21)9-7-15/h6-11,13,17H,3-5,12,14H2,1-2H3. The third-order valence-corrected chi connectivity index (χ3v) is 5.00. The lowest BCUT2D eigenvalue weighted by Gasteiger charge is -2.25. The van der Waals surface area contributed by atoms with Crippen molar-refractivity contribution in [3.63, 3.8) is 0 Å². The van der Waals surface area contributed by atoms with Gasteiger partial charge in [-0.1, -0.05) is 30.2 Å². The molecule has 4 nitrogen and oxygen atoms in total. The van der Waals surface area contributed by atoms with Gasteiger partial charge >= 0.3 is 0 Å². The van der Waals surface area contributed by atoms with E-state index in [9.17, 15) is 4.79 Å². The van der Waals surface area contributed by atoms with Gasteiger partial charge in [-0.2, -0.15) is 0 Å². The number of carbonyl (C=O) groups excluding carboxylic acids is 1. The highest BCUT2D eigenvalue weighted by molar-refractivity contribution is 6.30. The zero-order valence-corrected chi connectivity index (χ0v) is 15.5. The minimum absolute atomic E-state index is 0.0892. The lowest BCUT2D eigenvalue weighted by atomic mass is 9.94. The molecule has 1 fully saturated rings. The van der Waals surface area contributed by atoms with Crippen LogP contribution in [0.3, 0.4) is 0 Å². The first-order valence-corrected chi connectivity index (χ1v) is 9.10. The number of hydrogen-bond acceptors (Lipinski definition) is 3. The Morgan fingerprint density at radius 1 is 1.20 bits per heavy atom. The number of pyridine rings is 1. The summed E-state index contributed by atoms with van der Waals surface area (Å²) in [6.45, 7) is 1.56. The Morgan fingerprint density at radius 3 is 2.68 bits per heavy atom. The molecule has 0 N–H and O–H groups in total. The van der Waals surface area contributed by atoms with Crippen LogP contribution >= 0.6 is 11.6 Å². The number of carbonyl (C=O) groups is 1. The van der Waals surface area contributed by atoms with Crippen molar-refractivity contribution < 1.29 is 4.79 Å². The summed E-state index contributed by atoms with van der Waals surface area (Å²) in [4.78, 5) is 21.2. The van der Waals surface area contributed by atoms with Gasteiger partial charge in [0.1, 0.15) is 5.82 Å². The van der Waals surface area contributed by atoms with Crippen LogP contribution in [-0.2, 0) is 0 Å².